The minimum Gasteiger partial charge on any atom is -0.318 e. The van der Waals surface area contributed by atoms with E-state index in [0.29, 0.717) is 10.7 Å². The lowest BCUT2D eigenvalue weighted by Gasteiger charge is -2.22. The molecule has 0 aliphatic carbocycles. The Hall–Kier alpha value is -2.86. The average molecular weight is 376 g/mol. The lowest BCUT2D eigenvalue weighted by atomic mass is 10.1. The van der Waals surface area contributed by atoms with Crippen LogP contribution in [0.25, 0.3) is 11.8 Å². The van der Waals surface area contributed by atoms with Crippen molar-refractivity contribution in [2.24, 2.45) is 4.99 Å². The summed E-state index contributed by atoms with van der Waals surface area (Å²) < 4.78 is 2.16. The average Bonchev–Trinajstić information content (AvgIpc) is 3.12. The number of amides is 1. The molecule has 1 aromatic carbocycles. The molecule has 0 atom stereocenters. The molecule has 0 fully saturated rings. The summed E-state index contributed by atoms with van der Waals surface area (Å²) in [5.41, 5.74) is 5.64. The van der Waals surface area contributed by atoms with Gasteiger partial charge >= 0.3 is 0 Å². The molecule has 27 heavy (non-hydrogen) atoms. The first-order valence-corrected chi connectivity index (χ1v) is 9.52. The van der Waals surface area contributed by atoms with Gasteiger partial charge in [0.25, 0.3) is 5.91 Å². The topological polar surface area (TPSA) is 61.5 Å². The van der Waals surface area contributed by atoms with Crippen LogP contribution in [0.3, 0.4) is 0 Å². The molecule has 1 N–H and O–H groups in total. The van der Waals surface area contributed by atoms with Crippen LogP contribution in [0.5, 0.6) is 0 Å². The van der Waals surface area contributed by atoms with Crippen LogP contribution < -0.4 is 0 Å². The van der Waals surface area contributed by atoms with Crippen molar-refractivity contribution in [3.63, 3.8) is 0 Å². The Morgan fingerprint density at radius 2 is 1.81 bits per heavy atom. The van der Waals surface area contributed by atoms with Gasteiger partial charge in [0.1, 0.15) is 5.84 Å². The molecule has 0 radical (unpaired) electrons. The Labute approximate surface area is 162 Å². The number of thioether (sulfide) groups is 1. The zero-order valence-electron chi connectivity index (χ0n) is 15.7. The fourth-order valence-electron chi connectivity index (χ4n) is 3.38. The van der Waals surface area contributed by atoms with Crippen molar-refractivity contribution < 1.29 is 4.79 Å². The number of aliphatic imine (C=N–C) groups is 1. The summed E-state index contributed by atoms with van der Waals surface area (Å²) in [7, 11) is 0. The molecule has 136 valence electrons. The molecule has 2 aliphatic rings. The van der Waals surface area contributed by atoms with E-state index in [1.807, 2.05) is 33.0 Å². The van der Waals surface area contributed by atoms with Gasteiger partial charge in [-0.05, 0) is 57.5 Å². The smallest absolute Gasteiger partial charge is 0.283 e. The molecule has 0 unspecified atom stereocenters. The van der Waals surface area contributed by atoms with Crippen LogP contribution in [0.4, 0.5) is 0 Å². The van der Waals surface area contributed by atoms with Crippen molar-refractivity contribution in [2.45, 2.75) is 27.7 Å². The van der Waals surface area contributed by atoms with Crippen molar-refractivity contribution in [2.75, 3.05) is 0 Å². The van der Waals surface area contributed by atoms with Crippen LogP contribution in [0.2, 0.25) is 0 Å². The third-order valence-electron chi connectivity index (χ3n) is 4.76. The second-order valence-corrected chi connectivity index (χ2v) is 8.03. The Morgan fingerprint density at radius 3 is 2.52 bits per heavy atom. The fraction of sp³-hybridized carbons (Fsp3) is 0.190. The maximum absolute atomic E-state index is 12.5. The number of amidine groups is 2. The van der Waals surface area contributed by atoms with E-state index < -0.39 is 0 Å². The molecular weight excluding hydrogens is 356 g/mol. The molecule has 2 aliphatic heterocycles. The first kappa shape index (κ1) is 17.5. The summed E-state index contributed by atoms with van der Waals surface area (Å²) >= 11 is 1.42. The number of aromatic nitrogens is 1. The van der Waals surface area contributed by atoms with Crippen LogP contribution in [0.15, 0.2) is 52.0 Å². The molecule has 5 nitrogen and oxygen atoms in total. The highest BCUT2D eigenvalue weighted by atomic mass is 32.2. The Kier molecular flexibility index (Phi) is 4.15. The Morgan fingerprint density at radius 1 is 1.11 bits per heavy atom. The third-order valence-corrected chi connectivity index (χ3v) is 5.65. The number of aryl methyl sites for hydroxylation is 2. The van der Waals surface area contributed by atoms with Crippen LogP contribution in [-0.2, 0) is 4.79 Å². The minimum absolute atomic E-state index is 0.175. The van der Waals surface area contributed by atoms with E-state index in [1.165, 1.54) is 17.3 Å². The largest absolute Gasteiger partial charge is 0.318 e. The van der Waals surface area contributed by atoms with Gasteiger partial charge in [0.05, 0.1) is 5.57 Å². The Balaban J connectivity index is 1.77. The number of nitrogens with zero attached hydrogens (tertiary/aromatic N) is 3. The van der Waals surface area contributed by atoms with E-state index in [4.69, 9.17) is 5.41 Å². The standard InChI is InChI=1S/C21H20N4OS/c1-12-5-7-17(8-6-12)25-13(2)9-16(15(25)4)10-18-19(22)24-11-14(3)27-21(24)23-20(18)26/h5-11,22H,1-4H3. The van der Waals surface area contributed by atoms with Crippen molar-refractivity contribution in [3.8, 4) is 5.69 Å². The maximum Gasteiger partial charge on any atom is 0.283 e. The van der Waals surface area contributed by atoms with Crippen LogP contribution in [-0.4, -0.2) is 26.4 Å². The number of hydrogen-bond donors (Lipinski definition) is 1. The SMILES string of the molecule is CC1=CN2C(=N)C(=Cc3cc(C)n(-c4ccc(C)cc4)c3C)C(=O)N=C2S1. The van der Waals surface area contributed by atoms with Crippen molar-refractivity contribution in [1.82, 2.24) is 9.47 Å². The van der Waals surface area contributed by atoms with Gasteiger partial charge in [0.15, 0.2) is 5.17 Å². The number of allylic oxidation sites excluding steroid dienone is 1. The predicted molar refractivity (Wildman–Crippen MR) is 111 cm³/mol. The van der Waals surface area contributed by atoms with Crippen LogP contribution in [0, 0.1) is 26.2 Å². The minimum atomic E-state index is -0.359. The summed E-state index contributed by atoms with van der Waals surface area (Å²) in [5.74, 6) is -0.184. The molecule has 1 amide bonds. The highest BCUT2D eigenvalue weighted by molar-refractivity contribution is 8.17. The first-order chi connectivity index (χ1) is 12.8. The van der Waals surface area contributed by atoms with Crippen LogP contribution >= 0.6 is 11.8 Å². The summed E-state index contributed by atoms with van der Waals surface area (Å²) in [6.45, 7) is 8.09. The van der Waals surface area contributed by atoms with E-state index in [2.05, 4.69) is 40.7 Å². The molecule has 0 saturated carbocycles. The van der Waals surface area contributed by atoms with Gasteiger partial charge in [0.2, 0.25) is 0 Å². The number of rotatable bonds is 2. The molecule has 1 aromatic heterocycles. The monoisotopic (exact) mass is 376 g/mol. The molecule has 0 saturated heterocycles. The van der Waals surface area contributed by atoms with Gasteiger partial charge in [-0.1, -0.05) is 29.5 Å². The number of carbonyl (C=O) groups excluding carboxylic acids is 1. The molecule has 2 aromatic rings. The normalized spacial score (nSPS) is 18.1. The van der Waals surface area contributed by atoms with Gasteiger partial charge in [-0.3, -0.25) is 15.1 Å². The van der Waals surface area contributed by atoms with E-state index in [-0.39, 0.29) is 11.7 Å². The van der Waals surface area contributed by atoms with Gasteiger partial charge in [0, 0.05) is 28.2 Å². The van der Waals surface area contributed by atoms with Crippen molar-refractivity contribution in [3.05, 3.63) is 69.5 Å². The molecule has 0 bridgehead atoms. The second-order valence-electron chi connectivity index (χ2n) is 6.82. The van der Waals surface area contributed by atoms with Crippen molar-refractivity contribution >= 4 is 34.7 Å². The van der Waals surface area contributed by atoms with E-state index >= 15 is 0 Å². The fourth-order valence-corrected chi connectivity index (χ4v) is 4.20. The lowest BCUT2D eigenvalue weighted by Crippen LogP contribution is -2.35. The molecular formula is C21H20N4OS. The Bertz CT molecular complexity index is 1070. The van der Waals surface area contributed by atoms with E-state index in [9.17, 15) is 4.79 Å². The first-order valence-electron chi connectivity index (χ1n) is 8.70. The van der Waals surface area contributed by atoms with E-state index in [0.717, 1.165) is 27.5 Å². The third kappa shape index (κ3) is 2.96. The zero-order chi connectivity index (χ0) is 19.3. The molecule has 3 heterocycles. The second kappa shape index (κ2) is 6.39. The highest BCUT2D eigenvalue weighted by Crippen LogP contribution is 2.33. The molecule has 6 heteroatoms. The van der Waals surface area contributed by atoms with Gasteiger partial charge in [-0.15, -0.1) is 0 Å². The quantitative estimate of drug-likeness (QED) is 0.781. The lowest BCUT2D eigenvalue weighted by molar-refractivity contribution is -0.114. The van der Waals surface area contributed by atoms with Gasteiger partial charge < -0.3 is 4.57 Å². The van der Waals surface area contributed by atoms with Gasteiger partial charge in [-0.25, -0.2) is 0 Å². The zero-order valence-corrected chi connectivity index (χ0v) is 16.5. The maximum atomic E-state index is 12.5. The number of carbonyl (C=O) groups is 1. The van der Waals surface area contributed by atoms with Crippen molar-refractivity contribution in [1.29, 1.82) is 5.41 Å². The number of hydrogen-bond acceptors (Lipinski definition) is 3. The van der Waals surface area contributed by atoms with Gasteiger partial charge in [-0.2, -0.15) is 4.99 Å². The number of fused-ring (bicyclic) bond motifs is 1. The highest BCUT2D eigenvalue weighted by Gasteiger charge is 2.33. The number of nitrogens with one attached hydrogen (secondary N) is 1. The summed E-state index contributed by atoms with van der Waals surface area (Å²) in [6.07, 6.45) is 3.63. The number of benzene rings is 1. The predicted octanol–water partition coefficient (Wildman–Crippen LogP) is 4.57. The summed E-state index contributed by atoms with van der Waals surface area (Å²) in [4.78, 5) is 19.3. The molecule has 0 spiro atoms. The van der Waals surface area contributed by atoms with E-state index in [1.54, 1.807) is 11.0 Å². The van der Waals surface area contributed by atoms with Crippen LogP contribution in [0.1, 0.15) is 29.4 Å². The summed E-state index contributed by atoms with van der Waals surface area (Å²) in [5, 5.41) is 9.01. The molecule has 4 rings (SSSR count). The summed E-state index contributed by atoms with van der Waals surface area (Å²) in [6, 6.07) is 10.4.